The van der Waals surface area contributed by atoms with E-state index in [0.29, 0.717) is 15.7 Å². The number of methoxy groups -OCH3 is 1. The van der Waals surface area contributed by atoms with Gasteiger partial charge >= 0.3 is 5.97 Å². The Hall–Kier alpha value is -2.65. The summed E-state index contributed by atoms with van der Waals surface area (Å²) in [5.74, 6) is 0.200. The van der Waals surface area contributed by atoms with Crippen molar-refractivity contribution < 1.29 is 14.3 Å². The van der Waals surface area contributed by atoms with Crippen molar-refractivity contribution in [2.75, 3.05) is 18.2 Å². The quantitative estimate of drug-likeness (QED) is 0.503. The number of hydrogen-bond acceptors (Lipinski definition) is 7. The third kappa shape index (κ3) is 4.20. The number of ether oxygens (including phenoxy) is 1. The number of nitrogens with one attached hydrogen (secondary N) is 1. The van der Waals surface area contributed by atoms with Crippen LogP contribution < -0.4 is 5.32 Å². The summed E-state index contributed by atoms with van der Waals surface area (Å²) < 4.78 is 6.58. The lowest BCUT2D eigenvalue weighted by Crippen LogP contribution is -2.16. The van der Waals surface area contributed by atoms with E-state index in [1.807, 2.05) is 42.8 Å². The van der Waals surface area contributed by atoms with Crippen LogP contribution in [0.1, 0.15) is 15.2 Å². The van der Waals surface area contributed by atoms with Gasteiger partial charge in [-0.05, 0) is 23.9 Å². The van der Waals surface area contributed by atoms with Gasteiger partial charge in [-0.25, -0.2) is 4.79 Å². The summed E-state index contributed by atoms with van der Waals surface area (Å²) in [4.78, 5) is 24.3. The van der Waals surface area contributed by atoms with E-state index < -0.39 is 5.97 Å². The van der Waals surface area contributed by atoms with E-state index in [2.05, 4.69) is 15.5 Å². The van der Waals surface area contributed by atoms with Gasteiger partial charge in [0, 0.05) is 12.6 Å². The number of benzene rings is 1. The maximum Gasteiger partial charge on any atom is 0.350 e. The van der Waals surface area contributed by atoms with E-state index in [-0.39, 0.29) is 11.7 Å². The van der Waals surface area contributed by atoms with E-state index in [1.165, 1.54) is 30.2 Å². The van der Waals surface area contributed by atoms with E-state index in [0.717, 1.165) is 17.0 Å². The molecule has 9 heteroatoms. The zero-order valence-electron chi connectivity index (χ0n) is 15.1. The highest BCUT2D eigenvalue weighted by Crippen LogP contribution is 2.26. The molecule has 3 aromatic rings. The number of carbonyl (C=O) groups excluding carboxylic acids is 2. The van der Waals surface area contributed by atoms with Crippen LogP contribution in [0.3, 0.4) is 0 Å². The maximum absolute atomic E-state index is 12.3. The molecule has 0 bridgehead atoms. The monoisotopic (exact) mass is 402 g/mol. The molecule has 0 radical (unpaired) electrons. The van der Waals surface area contributed by atoms with Gasteiger partial charge in [-0.15, -0.1) is 21.5 Å². The number of esters is 1. The summed E-state index contributed by atoms with van der Waals surface area (Å²) in [5, 5.41) is 13.5. The van der Waals surface area contributed by atoms with Crippen molar-refractivity contribution in [1.29, 1.82) is 0 Å². The maximum atomic E-state index is 12.3. The van der Waals surface area contributed by atoms with E-state index in [1.54, 1.807) is 11.4 Å². The number of nitrogens with zero attached hydrogens (tertiary/aromatic N) is 3. The minimum absolute atomic E-state index is 0.149. The summed E-state index contributed by atoms with van der Waals surface area (Å²) in [6, 6.07) is 9.62. The smallest absolute Gasteiger partial charge is 0.350 e. The molecule has 0 aliphatic carbocycles. The first kappa shape index (κ1) is 19.1. The Morgan fingerprint density at radius 2 is 2.04 bits per heavy atom. The van der Waals surface area contributed by atoms with Gasteiger partial charge in [-0.1, -0.05) is 36.0 Å². The number of aromatic nitrogens is 3. The van der Waals surface area contributed by atoms with Crippen LogP contribution in [-0.4, -0.2) is 39.5 Å². The summed E-state index contributed by atoms with van der Waals surface area (Å²) in [7, 11) is 3.18. The number of thiophene rings is 1. The lowest BCUT2D eigenvalue weighted by Gasteiger charge is -2.07. The van der Waals surface area contributed by atoms with Gasteiger partial charge in [-0.3, -0.25) is 4.79 Å². The fourth-order valence-electron chi connectivity index (χ4n) is 2.47. The number of thioether (sulfide) groups is 1. The summed E-state index contributed by atoms with van der Waals surface area (Å²) in [6.07, 6.45) is 0. The fraction of sp³-hybridized carbons (Fsp3) is 0.222. The molecule has 0 atom stereocenters. The van der Waals surface area contributed by atoms with Crippen molar-refractivity contribution in [3.63, 3.8) is 0 Å². The van der Waals surface area contributed by atoms with Gasteiger partial charge in [-0.2, -0.15) is 0 Å². The molecule has 0 aliphatic rings. The fourth-order valence-corrected chi connectivity index (χ4v) is 3.95. The Morgan fingerprint density at radius 3 is 2.78 bits per heavy atom. The van der Waals surface area contributed by atoms with Gasteiger partial charge in [0.15, 0.2) is 11.0 Å². The molecule has 1 N–H and O–H groups in total. The molecule has 0 fully saturated rings. The van der Waals surface area contributed by atoms with E-state index in [4.69, 9.17) is 4.74 Å². The average molecular weight is 403 g/mol. The second-order valence-corrected chi connectivity index (χ2v) is 7.53. The van der Waals surface area contributed by atoms with Crippen molar-refractivity contribution in [2.24, 2.45) is 7.05 Å². The Kier molecular flexibility index (Phi) is 5.92. The molecule has 0 spiro atoms. The predicted octanol–water partition coefficient (Wildman–Crippen LogP) is 3.37. The van der Waals surface area contributed by atoms with Crippen molar-refractivity contribution in [1.82, 2.24) is 14.8 Å². The van der Waals surface area contributed by atoms with Gasteiger partial charge in [0.1, 0.15) is 4.88 Å². The highest BCUT2D eigenvalue weighted by Gasteiger charge is 2.17. The van der Waals surface area contributed by atoms with Gasteiger partial charge in [0.05, 0.1) is 18.6 Å². The van der Waals surface area contributed by atoms with Crippen molar-refractivity contribution >= 4 is 40.7 Å². The molecule has 0 aliphatic heterocycles. The number of rotatable bonds is 6. The molecule has 2 heterocycles. The minimum Gasteiger partial charge on any atom is -0.465 e. The SMILES string of the molecule is COC(=O)c1sccc1NC(=O)CSc1nnc(-c2ccccc2C)n1C. The molecular formula is C18H18N4O3S2. The molecule has 0 saturated carbocycles. The molecular weight excluding hydrogens is 384 g/mol. The number of anilines is 1. The van der Waals surface area contributed by atoms with Gasteiger partial charge in [0.25, 0.3) is 0 Å². The zero-order chi connectivity index (χ0) is 19.4. The normalized spacial score (nSPS) is 10.6. The molecule has 27 heavy (non-hydrogen) atoms. The Bertz CT molecular complexity index is 981. The van der Waals surface area contributed by atoms with Crippen LogP contribution in [0.25, 0.3) is 11.4 Å². The van der Waals surface area contributed by atoms with Crippen LogP contribution in [-0.2, 0) is 16.6 Å². The van der Waals surface area contributed by atoms with Crippen molar-refractivity contribution in [3.05, 3.63) is 46.2 Å². The van der Waals surface area contributed by atoms with Crippen LogP contribution in [0, 0.1) is 6.92 Å². The highest BCUT2D eigenvalue weighted by atomic mass is 32.2. The average Bonchev–Trinajstić information content (AvgIpc) is 3.26. The first-order valence-electron chi connectivity index (χ1n) is 8.05. The van der Waals surface area contributed by atoms with Gasteiger partial charge < -0.3 is 14.6 Å². The van der Waals surface area contributed by atoms with Crippen LogP contribution in [0.5, 0.6) is 0 Å². The number of aryl methyl sites for hydroxylation is 1. The van der Waals surface area contributed by atoms with Crippen LogP contribution in [0.4, 0.5) is 5.69 Å². The second-order valence-electron chi connectivity index (χ2n) is 5.67. The molecule has 1 aromatic carbocycles. The summed E-state index contributed by atoms with van der Waals surface area (Å²) >= 11 is 2.50. The van der Waals surface area contributed by atoms with Crippen molar-refractivity contribution in [2.45, 2.75) is 12.1 Å². The standard InChI is InChI=1S/C18H18N4O3S2/c1-11-6-4-5-7-12(11)16-20-21-18(22(16)2)27-10-14(23)19-13-8-9-26-15(13)17(24)25-3/h4-9H,10H2,1-3H3,(H,19,23). The molecule has 140 valence electrons. The lowest BCUT2D eigenvalue weighted by atomic mass is 10.1. The first-order valence-corrected chi connectivity index (χ1v) is 9.91. The van der Waals surface area contributed by atoms with Crippen LogP contribution in [0.15, 0.2) is 40.9 Å². The van der Waals surface area contributed by atoms with Crippen LogP contribution >= 0.6 is 23.1 Å². The highest BCUT2D eigenvalue weighted by molar-refractivity contribution is 7.99. The molecule has 0 saturated heterocycles. The minimum atomic E-state index is -0.468. The van der Waals surface area contributed by atoms with E-state index >= 15 is 0 Å². The number of amides is 1. The number of carbonyl (C=O) groups is 2. The Balaban J connectivity index is 1.66. The number of hydrogen-bond donors (Lipinski definition) is 1. The Labute approximate surface area is 164 Å². The predicted molar refractivity (Wildman–Crippen MR) is 106 cm³/mol. The molecule has 2 aromatic heterocycles. The molecule has 0 unspecified atom stereocenters. The lowest BCUT2D eigenvalue weighted by molar-refractivity contribution is -0.113. The van der Waals surface area contributed by atoms with Crippen LogP contribution in [0.2, 0.25) is 0 Å². The molecule has 7 nitrogen and oxygen atoms in total. The molecule has 3 rings (SSSR count). The van der Waals surface area contributed by atoms with E-state index in [9.17, 15) is 9.59 Å². The third-order valence-corrected chi connectivity index (χ3v) is 5.78. The summed E-state index contributed by atoms with van der Waals surface area (Å²) in [6.45, 7) is 2.02. The van der Waals surface area contributed by atoms with Crippen molar-refractivity contribution in [3.8, 4) is 11.4 Å². The topological polar surface area (TPSA) is 86.1 Å². The second kappa shape index (κ2) is 8.36. The van der Waals surface area contributed by atoms with Gasteiger partial charge in [0.2, 0.25) is 5.91 Å². The largest absolute Gasteiger partial charge is 0.465 e. The molecule has 1 amide bonds. The first-order chi connectivity index (χ1) is 13.0. The Morgan fingerprint density at radius 1 is 1.26 bits per heavy atom. The third-order valence-electron chi connectivity index (χ3n) is 3.86. The summed E-state index contributed by atoms with van der Waals surface area (Å²) in [5.41, 5.74) is 2.57. The zero-order valence-corrected chi connectivity index (χ0v) is 16.7.